The van der Waals surface area contributed by atoms with Crippen molar-refractivity contribution in [2.45, 2.75) is 20.3 Å². The summed E-state index contributed by atoms with van der Waals surface area (Å²) in [6.45, 7) is 5.30. The first-order valence-electron chi connectivity index (χ1n) is 7.84. The van der Waals surface area contributed by atoms with Gasteiger partial charge in [-0.3, -0.25) is 0 Å². The van der Waals surface area contributed by atoms with Gasteiger partial charge in [-0.2, -0.15) is 5.10 Å². The van der Waals surface area contributed by atoms with Gasteiger partial charge in [0.1, 0.15) is 5.82 Å². The lowest BCUT2D eigenvalue weighted by atomic mass is 10.1. The minimum Gasteiger partial charge on any atom is -0.369 e. The Bertz CT molecular complexity index is 896. The summed E-state index contributed by atoms with van der Waals surface area (Å²) in [6.07, 6.45) is 1.03. The number of aromatic nitrogens is 2. The topological polar surface area (TPSA) is 29.9 Å². The number of nitrogens with zero attached hydrogens (tertiary/aromatic N) is 2. The molecule has 1 aliphatic rings. The van der Waals surface area contributed by atoms with Crippen LogP contribution in [0.25, 0.3) is 16.9 Å². The van der Waals surface area contributed by atoms with Crippen molar-refractivity contribution in [1.29, 1.82) is 0 Å². The molecule has 1 N–H and O–H groups in total. The third-order valence-corrected chi connectivity index (χ3v) is 5.52. The van der Waals surface area contributed by atoms with Crippen LogP contribution < -0.4 is 5.32 Å². The molecule has 0 saturated heterocycles. The molecule has 0 radical (unpaired) electrons. The van der Waals surface area contributed by atoms with Crippen LogP contribution >= 0.6 is 22.6 Å². The molecule has 3 aromatic rings. The van der Waals surface area contributed by atoms with Crippen molar-refractivity contribution in [3.05, 3.63) is 62.7 Å². The Balaban J connectivity index is 1.96. The molecule has 2 heterocycles. The zero-order valence-electron chi connectivity index (χ0n) is 13.2. The van der Waals surface area contributed by atoms with Crippen LogP contribution in [0.5, 0.6) is 0 Å². The molecule has 0 unspecified atom stereocenters. The van der Waals surface area contributed by atoms with Gasteiger partial charge < -0.3 is 5.32 Å². The summed E-state index contributed by atoms with van der Waals surface area (Å²) >= 11 is 2.40. The molecule has 3 nitrogen and oxygen atoms in total. The number of fused-ring (bicyclic) bond motifs is 1. The molecule has 116 valence electrons. The number of anilines is 1. The van der Waals surface area contributed by atoms with Crippen molar-refractivity contribution < 1.29 is 0 Å². The van der Waals surface area contributed by atoms with Gasteiger partial charge in [0.05, 0.1) is 11.4 Å². The molecular weight excluding hydrogens is 397 g/mol. The first-order valence-corrected chi connectivity index (χ1v) is 8.92. The van der Waals surface area contributed by atoms with Gasteiger partial charge in [0.25, 0.3) is 0 Å². The summed E-state index contributed by atoms with van der Waals surface area (Å²) in [5.74, 6) is 1.15. The fourth-order valence-corrected chi connectivity index (χ4v) is 3.83. The van der Waals surface area contributed by atoms with Gasteiger partial charge in [-0.25, -0.2) is 4.68 Å². The van der Waals surface area contributed by atoms with Gasteiger partial charge in [-0.15, -0.1) is 0 Å². The average Bonchev–Trinajstić information content (AvgIpc) is 3.13. The van der Waals surface area contributed by atoms with E-state index in [0.29, 0.717) is 0 Å². The van der Waals surface area contributed by atoms with Crippen LogP contribution in [-0.2, 0) is 6.42 Å². The van der Waals surface area contributed by atoms with Gasteiger partial charge in [0.2, 0.25) is 0 Å². The SMILES string of the molecule is Cc1cccc(-n2nc(-c3ccccc3I)c3c2NCC3)c1C. The molecule has 0 bridgehead atoms. The van der Waals surface area contributed by atoms with Gasteiger partial charge in [0, 0.05) is 21.2 Å². The van der Waals surface area contributed by atoms with E-state index < -0.39 is 0 Å². The fourth-order valence-electron chi connectivity index (χ4n) is 3.18. The highest BCUT2D eigenvalue weighted by atomic mass is 127. The van der Waals surface area contributed by atoms with Gasteiger partial charge >= 0.3 is 0 Å². The van der Waals surface area contributed by atoms with Crippen molar-refractivity contribution >= 4 is 28.4 Å². The number of hydrogen-bond acceptors (Lipinski definition) is 2. The summed E-state index contributed by atoms with van der Waals surface area (Å²) in [6, 6.07) is 14.9. The van der Waals surface area contributed by atoms with E-state index in [1.807, 2.05) is 0 Å². The smallest absolute Gasteiger partial charge is 0.133 e. The molecule has 0 aliphatic carbocycles. The van der Waals surface area contributed by atoms with E-state index in [9.17, 15) is 0 Å². The molecule has 1 aromatic heterocycles. The normalized spacial score (nSPS) is 13.0. The Hall–Kier alpha value is -1.82. The van der Waals surface area contributed by atoms with Crippen LogP contribution in [0.15, 0.2) is 42.5 Å². The Kier molecular flexibility index (Phi) is 3.64. The summed E-state index contributed by atoms with van der Waals surface area (Å²) in [5, 5.41) is 8.51. The molecule has 4 heteroatoms. The lowest BCUT2D eigenvalue weighted by Gasteiger charge is -2.11. The Morgan fingerprint density at radius 2 is 1.91 bits per heavy atom. The van der Waals surface area contributed by atoms with E-state index in [0.717, 1.165) is 30.2 Å². The molecule has 0 amide bonds. The lowest BCUT2D eigenvalue weighted by Crippen LogP contribution is -2.06. The van der Waals surface area contributed by atoms with Crippen molar-refractivity contribution in [2.75, 3.05) is 11.9 Å². The molecule has 0 spiro atoms. The highest BCUT2D eigenvalue weighted by Crippen LogP contribution is 2.37. The van der Waals surface area contributed by atoms with Crippen LogP contribution in [0.1, 0.15) is 16.7 Å². The fraction of sp³-hybridized carbons (Fsp3) is 0.211. The van der Waals surface area contributed by atoms with E-state index in [1.54, 1.807) is 0 Å². The number of halogens is 1. The molecule has 0 saturated carbocycles. The van der Waals surface area contributed by atoms with Gasteiger partial charge in [0.15, 0.2) is 0 Å². The number of rotatable bonds is 2. The van der Waals surface area contributed by atoms with Crippen molar-refractivity contribution in [1.82, 2.24) is 9.78 Å². The second kappa shape index (κ2) is 5.67. The first-order chi connectivity index (χ1) is 11.2. The Morgan fingerprint density at radius 1 is 1.09 bits per heavy atom. The standard InChI is InChI=1S/C19H18IN3/c1-12-6-5-9-17(13(12)2)23-19-15(10-11-21-19)18(22-23)14-7-3-4-8-16(14)20/h3-9,21H,10-11H2,1-2H3. The third-order valence-electron chi connectivity index (χ3n) is 4.58. The number of aryl methyl sites for hydroxylation is 1. The minimum atomic E-state index is 0.981. The average molecular weight is 415 g/mol. The first kappa shape index (κ1) is 14.8. The Labute approximate surface area is 149 Å². The highest BCUT2D eigenvalue weighted by Gasteiger charge is 2.25. The third kappa shape index (κ3) is 2.36. The molecule has 4 rings (SSSR count). The van der Waals surface area contributed by atoms with Crippen LogP contribution in [0, 0.1) is 17.4 Å². The summed E-state index contributed by atoms with van der Waals surface area (Å²) in [4.78, 5) is 0. The lowest BCUT2D eigenvalue weighted by molar-refractivity contribution is 0.873. The summed E-state index contributed by atoms with van der Waals surface area (Å²) in [7, 11) is 0. The van der Waals surface area contributed by atoms with E-state index in [-0.39, 0.29) is 0 Å². The van der Waals surface area contributed by atoms with E-state index in [2.05, 4.69) is 88.9 Å². The van der Waals surface area contributed by atoms with Crippen LogP contribution in [0.4, 0.5) is 5.82 Å². The molecule has 23 heavy (non-hydrogen) atoms. The summed E-state index contributed by atoms with van der Waals surface area (Å²) in [5.41, 5.74) is 7.39. The van der Waals surface area contributed by atoms with E-state index in [1.165, 1.54) is 25.8 Å². The zero-order chi connectivity index (χ0) is 16.0. The number of benzene rings is 2. The quantitative estimate of drug-likeness (QED) is 0.614. The molecule has 2 aromatic carbocycles. The van der Waals surface area contributed by atoms with Crippen molar-refractivity contribution in [2.24, 2.45) is 0 Å². The predicted octanol–water partition coefficient (Wildman–Crippen LogP) is 4.73. The number of hydrogen-bond donors (Lipinski definition) is 1. The second-order valence-corrected chi connectivity index (χ2v) is 7.13. The maximum Gasteiger partial charge on any atom is 0.133 e. The zero-order valence-corrected chi connectivity index (χ0v) is 15.4. The van der Waals surface area contributed by atoms with Crippen LogP contribution in [0.3, 0.4) is 0 Å². The van der Waals surface area contributed by atoms with Gasteiger partial charge in [-0.05, 0) is 66.1 Å². The number of nitrogens with one attached hydrogen (secondary N) is 1. The monoisotopic (exact) mass is 415 g/mol. The van der Waals surface area contributed by atoms with Crippen LogP contribution in [-0.4, -0.2) is 16.3 Å². The van der Waals surface area contributed by atoms with E-state index >= 15 is 0 Å². The highest BCUT2D eigenvalue weighted by molar-refractivity contribution is 14.1. The second-order valence-electron chi connectivity index (χ2n) is 5.96. The van der Waals surface area contributed by atoms with Crippen molar-refractivity contribution in [3.8, 4) is 16.9 Å². The molecule has 0 fully saturated rings. The van der Waals surface area contributed by atoms with E-state index in [4.69, 9.17) is 5.10 Å². The molecule has 0 atom stereocenters. The predicted molar refractivity (Wildman–Crippen MR) is 103 cm³/mol. The molecule has 1 aliphatic heterocycles. The summed E-state index contributed by atoms with van der Waals surface area (Å²) < 4.78 is 3.33. The van der Waals surface area contributed by atoms with Crippen LogP contribution in [0.2, 0.25) is 0 Å². The maximum atomic E-state index is 4.98. The minimum absolute atomic E-state index is 0.981. The molecular formula is C19H18IN3. The Morgan fingerprint density at radius 3 is 2.74 bits per heavy atom. The van der Waals surface area contributed by atoms with Gasteiger partial charge in [-0.1, -0.05) is 30.3 Å². The largest absolute Gasteiger partial charge is 0.369 e. The van der Waals surface area contributed by atoms with Crippen molar-refractivity contribution in [3.63, 3.8) is 0 Å². The maximum absolute atomic E-state index is 4.98.